The maximum atomic E-state index is 11.8. The van der Waals surface area contributed by atoms with Crippen molar-refractivity contribution in [3.05, 3.63) is 64.8 Å². The number of ether oxygens (including phenoxy) is 1. The van der Waals surface area contributed by atoms with Gasteiger partial charge >= 0.3 is 5.97 Å². The van der Waals surface area contributed by atoms with Crippen molar-refractivity contribution in [3.8, 4) is 0 Å². The van der Waals surface area contributed by atoms with Crippen molar-refractivity contribution < 1.29 is 13.9 Å². The molecule has 1 aromatic carbocycles. The van der Waals surface area contributed by atoms with Crippen molar-refractivity contribution in [3.63, 3.8) is 0 Å². The van der Waals surface area contributed by atoms with Crippen LogP contribution in [0.5, 0.6) is 0 Å². The molecule has 5 heteroatoms. The SMILES string of the molecule is CCOC(=O)c1occ2cc(Cc3ncccc3Cl)ccc12. The highest BCUT2D eigenvalue weighted by molar-refractivity contribution is 6.31. The monoisotopic (exact) mass is 315 g/mol. The fraction of sp³-hybridized carbons (Fsp3) is 0.176. The second kappa shape index (κ2) is 6.20. The molecular weight excluding hydrogens is 302 g/mol. The summed E-state index contributed by atoms with van der Waals surface area (Å²) < 4.78 is 10.3. The fourth-order valence-electron chi connectivity index (χ4n) is 2.31. The van der Waals surface area contributed by atoms with Crippen LogP contribution in [0.2, 0.25) is 5.02 Å². The zero-order valence-corrected chi connectivity index (χ0v) is 12.8. The van der Waals surface area contributed by atoms with Crippen molar-refractivity contribution in [1.29, 1.82) is 0 Å². The van der Waals surface area contributed by atoms with E-state index < -0.39 is 5.97 Å². The Bertz CT molecular complexity index is 826. The van der Waals surface area contributed by atoms with Crippen LogP contribution in [0.1, 0.15) is 28.7 Å². The number of nitrogens with zero attached hydrogens (tertiary/aromatic N) is 1. The van der Waals surface area contributed by atoms with E-state index in [0.717, 1.165) is 22.0 Å². The van der Waals surface area contributed by atoms with Gasteiger partial charge in [0, 0.05) is 23.4 Å². The van der Waals surface area contributed by atoms with E-state index in [-0.39, 0.29) is 5.76 Å². The largest absolute Gasteiger partial charge is 0.460 e. The summed E-state index contributed by atoms with van der Waals surface area (Å²) in [6.07, 6.45) is 3.90. The maximum absolute atomic E-state index is 11.8. The summed E-state index contributed by atoms with van der Waals surface area (Å²) in [5, 5.41) is 2.24. The predicted molar refractivity (Wildman–Crippen MR) is 84.2 cm³/mol. The topological polar surface area (TPSA) is 52.3 Å². The molecule has 0 saturated heterocycles. The van der Waals surface area contributed by atoms with Crippen LogP contribution in [0.15, 0.2) is 47.2 Å². The molecule has 0 radical (unpaired) electrons. The van der Waals surface area contributed by atoms with Gasteiger partial charge in [0.15, 0.2) is 0 Å². The molecule has 0 unspecified atom stereocenters. The highest BCUT2D eigenvalue weighted by Gasteiger charge is 2.16. The van der Waals surface area contributed by atoms with Gasteiger partial charge in [0.05, 0.1) is 23.6 Å². The van der Waals surface area contributed by atoms with Crippen molar-refractivity contribution in [1.82, 2.24) is 4.98 Å². The predicted octanol–water partition coefficient (Wildman–Crippen LogP) is 4.25. The van der Waals surface area contributed by atoms with Crippen LogP contribution in [0.3, 0.4) is 0 Å². The molecule has 0 aliphatic carbocycles. The summed E-state index contributed by atoms with van der Waals surface area (Å²) in [7, 11) is 0. The van der Waals surface area contributed by atoms with Gasteiger partial charge in [-0.05, 0) is 36.8 Å². The van der Waals surface area contributed by atoms with Crippen LogP contribution < -0.4 is 0 Å². The van der Waals surface area contributed by atoms with Gasteiger partial charge in [-0.25, -0.2) is 4.79 Å². The van der Waals surface area contributed by atoms with Crippen molar-refractivity contribution in [2.24, 2.45) is 0 Å². The first kappa shape index (κ1) is 14.6. The summed E-state index contributed by atoms with van der Waals surface area (Å²) in [4.78, 5) is 16.1. The summed E-state index contributed by atoms with van der Waals surface area (Å²) in [5.74, 6) is -0.211. The van der Waals surface area contributed by atoms with E-state index in [0.29, 0.717) is 18.1 Å². The molecule has 112 valence electrons. The molecule has 0 aliphatic rings. The lowest BCUT2D eigenvalue weighted by molar-refractivity contribution is 0.0493. The van der Waals surface area contributed by atoms with Crippen LogP contribution >= 0.6 is 11.6 Å². The number of halogens is 1. The van der Waals surface area contributed by atoms with Gasteiger partial charge in [-0.15, -0.1) is 0 Å². The summed E-state index contributed by atoms with van der Waals surface area (Å²) in [6.45, 7) is 2.08. The van der Waals surface area contributed by atoms with E-state index in [4.69, 9.17) is 20.8 Å². The first-order valence-electron chi connectivity index (χ1n) is 6.95. The van der Waals surface area contributed by atoms with E-state index >= 15 is 0 Å². The highest BCUT2D eigenvalue weighted by atomic mass is 35.5. The van der Waals surface area contributed by atoms with Crippen molar-refractivity contribution in [2.75, 3.05) is 6.61 Å². The molecule has 22 heavy (non-hydrogen) atoms. The smallest absolute Gasteiger partial charge is 0.374 e. The van der Waals surface area contributed by atoms with Gasteiger partial charge in [-0.1, -0.05) is 17.7 Å². The van der Waals surface area contributed by atoms with Crippen LogP contribution in [-0.2, 0) is 11.2 Å². The first-order chi connectivity index (χ1) is 10.7. The Kier molecular flexibility index (Phi) is 4.11. The van der Waals surface area contributed by atoms with Gasteiger partial charge in [-0.2, -0.15) is 0 Å². The van der Waals surface area contributed by atoms with Gasteiger partial charge in [0.25, 0.3) is 0 Å². The van der Waals surface area contributed by atoms with Gasteiger partial charge < -0.3 is 9.15 Å². The van der Waals surface area contributed by atoms with E-state index in [1.54, 1.807) is 25.5 Å². The Labute approximate surface area is 132 Å². The molecule has 2 aromatic heterocycles. The van der Waals surface area contributed by atoms with Crippen LogP contribution in [0, 0.1) is 0 Å². The molecule has 4 nitrogen and oxygen atoms in total. The number of carbonyl (C=O) groups is 1. The second-order valence-corrected chi connectivity index (χ2v) is 5.22. The molecule has 0 bridgehead atoms. The number of benzene rings is 1. The number of esters is 1. The quantitative estimate of drug-likeness (QED) is 0.675. The summed E-state index contributed by atoms with van der Waals surface area (Å²) in [6, 6.07) is 9.38. The fourth-order valence-corrected chi connectivity index (χ4v) is 2.50. The molecule has 3 rings (SSSR count). The third-order valence-corrected chi connectivity index (χ3v) is 3.68. The van der Waals surface area contributed by atoms with Crippen LogP contribution in [-0.4, -0.2) is 17.6 Å². The van der Waals surface area contributed by atoms with Crippen LogP contribution in [0.4, 0.5) is 0 Å². The van der Waals surface area contributed by atoms with Gasteiger partial charge in [-0.3, -0.25) is 4.98 Å². The number of pyridine rings is 1. The lowest BCUT2D eigenvalue weighted by Gasteiger charge is -2.04. The average Bonchev–Trinajstić information content (AvgIpc) is 2.93. The van der Waals surface area contributed by atoms with Crippen molar-refractivity contribution >= 4 is 28.3 Å². The molecule has 0 N–H and O–H groups in total. The normalized spacial score (nSPS) is 10.8. The average molecular weight is 316 g/mol. The third-order valence-electron chi connectivity index (χ3n) is 3.33. The molecule has 2 heterocycles. The number of hydrogen-bond donors (Lipinski definition) is 0. The molecule has 0 saturated carbocycles. The molecule has 0 aliphatic heterocycles. The number of carbonyl (C=O) groups excluding carboxylic acids is 1. The Balaban J connectivity index is 1.91. The molecule has 0 fully saturated rings. The summed E-state index contributed by atoms with van der Waals surface area (Å²) in [5.41, 5.74) is 1.86. The van der Waals surface area contributed by atoms with Crippen molar-refractivity contribution in [2.45, 2.75) is 13.3 Å². The first-order valence-corrected chi connectivity index (χ1v) is 7.33. The minimum Gasteiger partial charge on any atom is -0.460 e. The molecule has 0 spiro atoms. The number of hydrogen-bond acceptors (Lipinski definition) is 4. The summed E-state index contributed by atoms with van der Waals surface area (Å²) >= 11 is 6.13. The number of fused-ring (bicyclic) bond motifs is 1. The third kappa shape index (κ3) is 2.83. The Morgan fingerprint density at radius 3 is 3.00 bits per heavy atom. The Hall–Kier alpha value is -2.33. The zero-order chi connectivity index (χ0) is 15.5. The molecule has 3 aromatic rings. The zero-order valence-electron chi connectivity index (χ0n) is 12.0. The van der Waals surface area contributed by atoms with E-state index in [9.17, 15) is 4.79 Å². The number of furan rings is 1. The standard InChI is InChI=1S/C17H14ClNO3/c1-2-21-17(20)16-13-6-5-11(8-12(13)10-22-16)9-15-14(18)4-3-7-19-15/h3-8,10H,2,9H2,1H3. The van der Waals surface area contributed by atoms with Gasteiger partial charge in [0.2, 0.25) is 5.76 Å². The minimum absolute atomic E-state index is 0.235. The number of rotatable bonds is 4. The highest BCUT2D eigenvalue weighted by Crippen LogP contribution is 2.25. The number of aromatic nitrogens is 1. The van der Waals surface area contributed by atoms with E-state index in [2.05, 4.69) is 4.98 Å². The Morgan fingerprint density at radius 2 is 2.23 bits per heavy atom. The molecule has 0 amide bonds. The van der Waals surface area contributed by atoms with E-state index in [1.807, 2.05) is 24.3 Å². The maximum Gasteiger partial charge on any atom is 0.374 e. The second-order valence-electron chi connectivity index (χ2n) is 4.82. The molecular formula is C17H14ClNO3. The van der Waals surface area contributed by atoms with E-state index in [1.165, 1.54) is 0 Å². The molecule has 0 atom stereocenters. The minimum atomic E-state index is -0.446. The van der Waals surface area contributed by atoms with Gasteiger partial charge in [0.1, 0.15) is 0 Å². The lowest BCUT2D eigenvalue weighted by atomic mass is 10.1. The lowest BCUT2D eigenvalue weighted by Crippen LogP contribution is -2.03. The van der Waals surface area contributed by atoms with Crippen LogP contribution in [0.25, 0.3) is 10.8 Å². The Morgan fingerprint density at radius 1 is 1.36 bits per heavy atom.